The maximum absolute atomic E-state index is 6.14. The van der Waals surface area contributed by atoms with E-state index in [-0.39, 0.29) is 5.41 Å². The van der Waals surface area contributed by atoms with Crippen LogP contribution in [0.1, 0.15) is 32.1 Å². The number of hydrogen-bond acceptors (Lipinski definition) is 2. The number of benzene rings is 2. The zero-order valence-electron chi connectivity index (χ0n) is 12.8. The van der Waals surface area contributed by atoms with Crippen molar-refractivity contribution < 1.29 is 4.42 Å². The number of rotatable bonds is 2. The molecular weight excluding hydrogens is 258 g/mol. The highest BCUT2D eigenvalue weighted by Crippen LogP contribution is 2.39. The van der Waals surface area contributed by atoms with Crippen molar-refractivity contribution in [1.82, 2.24) is 0 Å². The number of hydrogen-bond donors (Lipinski definition) is 1. The lowest BCUT2D eigenvalue weighted by atomic mass is 9.84. The fourth-order valence-corrected chi connectivity index (χ4v) is 2.98. The minimum atomic E-state index is 0.00919. The lowest BCUT2D eigenvalue weighted by molar-refractivity contribution is 0.511. The molecule has 0 bridgehead atoms. The van der Waals surface area contributed by atoms with Gasteiger partial charge in [0.1, 0.15) is 11.3 Å². The SMILES string of the molecule is CC(C)(C)c1c(CN)oc2c(-c3ccccc3)cccc12. The van der Waals surface area contributed by atoms with Gasteiger partial charge in [0.25, 0.3) is 0 Å². The van der Waals surface area contributed by atoms with Gasteiger partial charge in [-0.15, -0.1) is 0 Å². The third-order valence-corrected chi connectivity index (χ3v) is 3.81. The van der Waals surface area contributed by atoms with Crippen molar-refractivity contribution in [3.8, 4) is 11.1 Å². The Hall–Kier alpha value is -2.06. The summed E-state index contributed by atoms with van der Waals surface area (Å²) in [5, 5.41) is 1.17. The average molecular weight is 279 g/mol. The fourth-order valence-electron chi connectivity index (χ4n) is 2.98. The van der Waals surface area contributed by atoms with Gasteiger partial charge in [0.05, 0.1) is 6.54 Å². The Balaban J connectivity index is 2.34. The van der Waals surface area contributed by atoms with E-state index in [9.17, 15) is 0 Å². The van der Waals surface area contributed by atoms with Crippen LogP contribution in [0.15, 0.2) is 52.9 Å². The molecule has 1 aromatic heterocycles. The Morgan fingerprint density at radius 3 is 2.29 bits per heavy atom. The molecular formula is C19H21NO. The molecule has 1 heterocycles. The van der Waals surface area contributed by atoms with Crippen LogP contribution in [-0.2, 0) is 12.0 Å². The van der Waals surface area contributed by atoms with Crippen molar-refractivity contribution in [3.05, 3.63) is 59.9 Å². The molecule has 3 rings (SSSR count). The maximum Gasteiger partial charge on any atom is 0.142 e. The standard InChI is InChI=1S/C19H21NO/c1-19(2,3)17-15-11-7-10-14(13-8-5-4-6-9-13)18(15)21-16(17)12-20/h4-11H,12,20H2,1-3H3. The van der Waals surface area contributed by atoms with Gasteiger partial charge in [-0.3, -0.25) is 0 Å². The van der Waals surface area contributed by atoms with E-state index in [1.165, 1.54) is 16.5 Å². The van der Waals surface area contributed by atoms with Gasteiger partial charge in [-0.25, -0.2) is 0 Å². The van der Waals surface area contributed by atoms with Crippen LogP contribution in [0.3, 0.4) is 0 Å². The first-order valence-electron chi connectivity index (χ1n) is 7.32. The van der Waals surface area contributed by atoms with Gasteiger partial charge in [-0.05, 0) is 11.0 Å². The molecule has 2 nitrogen and oxygen atoms in total. The van der Waals surface area contributed by atoms with E-state index in [0.717, 1.165) is 16.9 Å². The summed E-state index contributed by atoms with van der Waals surface area (Å²) >= 11 is 0. The molecule has 2 aromatic carbocycles. The van der Waals surface area contributed by atoms with Gasteiger partial charge in [0.2, 0.25) is 0 Å². The molecule has 21 heavy (non-hydrogen) atoms. The van der Waals surface area contributed by atoms with E-state index >= 15 is 0 Å². The molecule has 0 spiro atoms. The highest BCUT2D eigenvalue weighted by atomic mass is 16.3. The molecule has 0 atom stereocenters. The minimum Gasteiger partial charge on any atom is -0.459 e. The largest absolute Gasteiger partial charge is 0.459 e. The van der Waals surface area contributed by atoms with Crippen LogP contribution < -0.4 is 5.73 Å². The van der Waals surface area contributed by atoms with Crippen LogP contribution in [0.5, 0.6) is 0 Å². The molecule has 3 aromatic rings. The summed E-state index contributed by atoms with van der Waals surface area (Å²) in [5.41, 5.74) is 10.4. The van der Waals surface area contributed by atoms with Gasteiger partial charge in [-0.1, -0.05) is 69.3 Å². The predicted molar refractivity (Wildman–Crippen MR) is 88.2 cm³/mol. The highest BCUT2D eigenvalue weighted by Gasteiger charge is 2.25. The molecule has 0 amide bonds. The van der Waals surface area contributed by atoms with E-state index in [4.69, 9.17) is 10.2 Å². The summed E-state index contributed by atoms with van der Waals surface area (Å²) in [7, 11) is 0. The maximum atomic E-state index is 6.14. The summed E-state index contributed by atoms with van der Waals surface area (Å²) in [6, 6.07) is 16.7. The lowest BCUT2D eigenvalue weighted by Gasteiger charge is -2.18. The van der Waals surface area contributed by atoms with E-state index in [1.54, 1.807) is 0 Å². The predicted octanol–water partition coefficient (Wildman–Crippen LogP) is 4.86. The highest BCUT2D eigenvalue weighted by molar-refractivity contribution is 5.95. The second-order valence-corrected chi connectivity index (χ2v) is 6.40. The average Bonchev–Trinajstić information content (AvgIpc) is 2.86. The summed E-state index contributed by atoms with van der Waals surface area (Å²) in [4.78, 5) is 0. The van der Waals surface area contributed by atoms with Crippen LogP contribution >= 0.6 is 0 Å². The second-order valence-electron chi connectivity index (χ2n) is 6.40. The molecule has 0 unspecified atom stereocenters. The normalized spacial score (nSPS) is 12.0. The zero-order chi connectivity index (χ0) is 15.0. The molecule has 2 heteroatoms. The third-order valence-electron chi connectivity index (χ3n) is 3.81. The Labute approximate surface area is 125 Å². The minimum absolute atomic E-state index is 0.00919. The first kappa shape index (κ1) is 13.9. The third kappa shape index (κ3) is 2.36. The number of nitrogens with two attached hydrogens (primary N) is 1. The molecule has 0 radical (unpaired) electrons. The van der Waals surface area contributed by atoms with Gasteiger partial charge in [0, 0.05) is 16.5 Å². The number of para-hydroxylation sites is 1. The zero-order valence-corrected chi connectivity index (χ0v) is 12.8. The molecule has 0 fully saturated rings. The van der Waals surface area contributed by atoms with Crippen molar-refractivity contribution in [2.24, 2.45) is 5.73 Å². The Morgan fingerprint density at radius 1 is 0.952 bits per heavy atom. The van der Waals surface area contributed by atoms with Crippen LogP contribution in [0.2, 0.25) is 0 Å². The number of fused-ring (bicyclic) bond motifs is 1. The monoisotopic (exact) mass is 279 g/mol. The number of furan rings is 1. The van der Waals surface area contributed by atoms with Crippen LogP contribution in [-0.4, -0.2) is 0 Å². The topological polar surface area (TPSA) is 39.2 Å². The Kier molecular flexibility index (Phi) is 3.34. The first-order valence-corrected chi connectivity index (χ1v) is 7.32. The van der Waals surface area contributed by atoms with Crippen LogP contribution in [0, 0.1) is 0 Å². The summed E-state index contributed by atoms with van der Waals surface area (Å²) in [5.74, 6) is 0.890. The first-order chi connectivity index (χ1) is 10.0. The van der Waals surface area contributed by atoms with Gasteiger partial charge >= 0.3 is 0 Å². The van der Waals surface area contributed by atoms with Crippen molar-refractivity contribution in [2.45, 2.75) is 32.7 Å². The van der Waals surface area contributed by atoms with Gasteiger partial charge in [0.15, 0.2) is 0 Å². The molecule has 0 saturated heterocycles. The smallest absolute Gasteiger partial charge is 0.142 e. The Morgan fingerprint density at radius 2 is 1.67 bits per heavy atom. The van der Waals surface area contributed by atoms with E-state index in [1.807, 2.05) is 18.2 Å². The Bertz CT molecular complexity index is 763. The van der Waals surface area contributed by atoms with Gasteiger partial charge in [-0.2, -0.15) is 0 Å². The van der Waals surface area contributed by atoms with Crippen molar-refractivity contribution >= 4 is 11.0 Å². The molecule has 108 valence electrons. The van der Waals surface area contributed by atoms with E-state index in [0.29, 0.717) is 6.54 Å². The molecule has 0 aliphatic carbocycles. The van der Waals surface area contributed by atoms with Crippen molar-refractivity contribution in [1.29, 1.82) is 0 Å². The van der Waals surface area contributed by atoms with Crippen molar-refractivity contribution in [3.63, 3.8) is 0 Å². The second kappa shape index (κ2) is 5.05. The van der Waals surface area contributed by atoms with Gasteiger partial charge < -0.3 is 10.2 Å². The van der Waals surface area contributed by atoms with Crippen molar-refractivity contribution in [2.75, 3.05) is 0 Å². The fraction of sp³-hybridized carbons (Fsp3) is 0.263. The summed E-state index contributed by atoms with van der Waals surface area (Å²) < 4.78 is 6.14. The summed E-state index contributed by atoms with van der Waals surface area (Å²) in [6.45, 7) is 7.03. The quantitative estimate of drug-likeness (QED) is 0.728. The summed E-state index contributed by atoms with van der Waals surface area (Å²) in [6.07, 6.45) is 0. The molecule has 2 N–H and O–H groups in total. The lowest BCUT2D eigenvalue weighted by Crippen LogP contribution is -2.14. The van der Waals surface area contributed by atoms with E-state index in [2.05, 4.69) is 51.1 Å². The molecule has 0 aliphatic rings. The van der Waals surface area contributed by atoms with E-state index < -0.39 is 0 Å². The van der Waals surface area contributed by atoms with Crippen LogP contribution in [0.25, 0.3) is 22.1 Å². The van der Waals surface area contributed by atoms with Crippen LogP contribution in [0.4, 0.5) is 0 Å². The molecule has 0 aliphatic heterocycles. The molecule has 0 saturated carbocycles.